The van der Waals surface area contributed by atoms with Crippen molar-refractivity contribution in [2.24, 2.45) is 0 Å². The highest BCUT2D eigenvalue weighted by Gasteiger charge is 2.02. The monoisotopic (exact) mass is 137 g/mol. The molecule has 0 fully saturated rings. The fraction of sp³-hybridized carbons (Fsp3) is 1.00. The van der Waals surface area contributed by atoms with E-state index in [-0.39, 0.29) is 13.2 Å². The van der Waals surface area contributed by atoms with Crippen LogP contribution >= 0.6 is 0 Å². The Morgan fingerprint density at radius 3 is 2.56 bits per heavy atom. The molecule has 0 aromatic rings. The number of rotatable bonds is 4. The predicted molar refractivity (Wildman–Crippen MR) is 29.0 cm³/mol. The number of hydrogen-bond donors (Lipinski definition) is 3. The van der Waals surface area contributed by atoms with Crippen LogP contribution in [0, 0.1) is 5.21 Å². The number of hydroxylamine groups is 2. The molecule has 3 N–H and O–H groups in total. The van der Waals surface area contributed by atoms with Gasteiger partial charge in [-0.05, 0) is 6.92 Å². The Bertz CT molecular complexity index is 67.6. The fourth-order valence-electron chi connectivity index (χ4n) is 0.369. The summed E-state index contributed by atoms with van der Waals surface area (Å²) in [6, 6.07) is 0. The molecule has 0 amide bonds. The Balaban J connectivity index is 3.15. The second kappa shape index (κ2) is 4.66. The zero-order chi connectivity index (χ0) is 7.28. The van der Waals surface area contributed by atoms with E-state index in [4.69, 9.17) is 10.2 Å². The van der Waals surface area contributed by atoms with Gasteiger partial charge in [-0.3, -0.25) is 0 Å². The Hall–Kier alpha value is -0.200. The van der Waals surface area contributed by atoms with Gasteiger partial charge in [-0.15, -0.1) is 0 Å². The summed E-state index contributed by atoms with van der Waals surface area (Å²) in [7, 11) is 0. The van der Waals surface area contributed by atoms with E-state index >= 15 is 0 Å². The Morgan fingerprint density at radius 2 is 2.22 bits per heavy atom. The smallest absolute Gasteiger partial charge is 0.205 e. The molecule has 0 spiro atoms. The molecule has 0 saturated heterocycles. The molecule has 0 aliphatic heterocycles. The van der Waals surface area contributed by atoms with Gasteiger partial charge in [0, 0.05) is 0 Å². The lowest BCUT2D eigenvalue weighted by atomic mass is 10.7. The molecule has 0 aliphatic carbocycles. The first-order chi connectivity index (χ1) is 4.16. The molecule has 0 aliphatic rings. The van der Waals surface area contributed by atoms with Gasteiger partial charge in [0.15, 0.2) is 6.54 Å². The van der Waals surface area contributed by atoms with Crippen molar-refractivity contribution in [1.29, 1.82) is 0 Å². The number of nitrogens with one attached hydrogen (secondary N) is 1. The van der Waals surface area contributed by atoms with Crippen LogP contribution in [0.25, 0.3) is 0 Å². The number of aliphatic hydroxyl groups excluding tert-OH is 1. The van der Waals surface area contributed by atoms with Crippen LogP contribution in [-0.4, -0.2) is 29.7 Å². The minimum atomic E-state index is -1.59. The minimum Gasteiger partial charge on any atom is -0.600 e. The van der Waals surface area contributed by atoms with Gasteiger partial charge in [0.25, 0.3) is 0 Å². The zero-order valence-corrected chi connectivity index (χ0v) is 5.20. The van der Waals surface area contributed by atoms with Crippen LogP contribution in [-0.2, 0) is 4.84 Å². The van der Waals surface area contributed by atoms with E-state index < -0.39 is 11.5 Å². The Labute approximate surface area is 53.0 Å². The molecule has 0 radical (unpaired) electrons. The summed E-state index contributed by atoms with van der Waals surface area (Å²) in [5.41, 5.74) is 0. The van der Waals surface area contributed by atoms with Crippen molar-refractivity contribution in [3.8, 4) is 0 Å². The van der Waals surface area contributed by atoms with E-state index in [0.717, 1.165) is 0 Å². The molecule has 9 heavy (non-hydrogen) atoms. The van der Waals surface area contributed by atoms with Crippen molar-refractivity contribution in [2.45, 2.75) is 13.2 Å². The lowest BCUT2D eigenvalue weighted by molar-refractivity contribution is -1.05. The van der Waals surface area contributed by atoms with E-state index in [9.17, 15) is 5.21 Å². The van der Waals surface area contributed by atoms with Crippen molar-refractivity contribution in [3.05, 3.63) is 5.21 Å². The van der Waals surface area contributed by atoms with Gasteiger partial charge in [0.1, 0.15) is 6.61 Å². The first-order valence-corrected chi connectivity index (χ1v) is 2.68. The topological polar surface area (TPSA) is 77.2 Å². The van der Waals surface area contributed by atoms with Crippen molar-refractivity contribution >= 4 is 0 Å². The SMILES string of the molecule is CCO[NH+]([O-])CC(O)O. The minimum absolute atomic E-state index is 0.269. The van der Waals surface area contributed by atoms with Gasteiger partial charge in [0.2, 0.25) is 6.29 Å². The van der Waals surface area contributed by atoms with E-state index in [1.165, 1.54) is 0 Å². The van der Waals surface area contributed by atoms with E-state index in [1.807, 2.05) is 0 Å². The van der Waals surface area contributed by atoms with Crippen molar-refractivity contribution in [2.75, 3.05) is 13.2 Å². The molecule has 0 heterocycles. The van der Waals surface area contributed by atoms with Crippen molar-refractivity contribution < 1.29 is 20.3 Å². The third-order valence-electron chi connectivity index (χ3n) is 0.655. The van der Waals surface area contributed by atoms with Crippen LogP contribution < -0.4 is 5.23 Å². The van der Waals surface area contributed by atoms with Crippen LogP contribution in [0.2, 0.25) is 0 Å². The molecule has 0 rings (SSSR count). The van der Waals surface area contributed by atoms with Gasteiger partial charge in [-0.25, -0.2) is 10.1 Å². The summed E-state index contributed by atoms with van der Waals surface area (Å²) < 4.78 is 0. The summed E-state index contributed by atoms with van der Waals surface area (Å²) in [6.45, 7) is 1.57. The van der Waals surface area contributed by atoms with Crippen LogP contribution in [0.4, 0.5) is 0 Å². The number of quaternary nitrogens is 1. The van der Waals surface area contributed by atoms with Crippen molar-refractivity contribution in [3.63, 3.8) is 0 Å². The highest BCUT2D eigenvalue weighted by atomic mass is 16.9. The molecule has 0 aromatic heterocycles. The first kappa shape index (κ1) is 8.80. The van der Waals surface area contributed by atoms with Gasteiger partial charge < -0.3 is 15.4 Å². The summed E-state index contributed by atoms with van der Waals surface area (Å²) in [6.07, 6.45) is -1.59. The predicted octanol–water partition coefficient (Wildman–Crippen LogP) is -2.37. The summed E-state index contributed by atoms with van der Waals surface area (Å²) in [4.78, 5) is 4.39. The summed E-state index contributed by atoms with van der Waals surface area (Å²) >= 11 is 0. The second-order valence-electron chi connectivity index (χ2n) is 1.49. The highest BCUT2D eigenvalue weighted by molar-refractivity contribution is 4.24. The number of hydrogen-bond acceptors (Lipinski definition) is 4. The maximum Gasteiger partial charge on any atom is 0.205 e. The molecule has 1 atom stereocenters. The molecule has 56 valence electrons. The Morgan fingerprint density at radius 1 is 1.67 bits per heavy atom. The van der Waals surface area contributed by atoms with Gasteiger partial charge in [-0.2, -0.15) is 0 Å². The van der Waals surface area contributed by atoms with E-state index in [0.29, 0.717) is 0 Å². The molecule has 0 bridgehead atoms. The van der Waals surface area contributed by atoms with Crippen LogP contribution in [0.1, 0.15) is 6.92 Å². The van der Waals surface area contributed by atoms with Crippen LogP contribution in [0.3, 0.4) is 0 Å². The van der Waals surface area contributed by atoms with E-state index in [1.54, 1.807) is 6.92 Å². The van der Waals surface area contributed by atoms with Crippen LogP contribution in [0.5, 0.6) is 0 Å². The lowest BCUT2D eigenvalue weighted by Gasteiger charge is -2.18. The second-order valence-corrected chi connectivity index (χ2v) is 1.49. The average Bonchev–Trinajstić information content (AvgIpc) is 1.63. The normalized spacial score (nSPS) is 14.3. The highest BCUT2D eigenvalue weighted by Crippen LogP contribution is 1.63. The zero-order valence-electron chi connectivity index (χ0n) is 5.20. The number of aliphatic hydroxyl groups is 2. The molecular formula is C4H11NO4. The maximum absolute atomic E-state index is 10.3. The summed E-state index contributed by atoms with van der Waals surface area (Å²) in [5.74, 6) is 0. The standard InChI is InChI=1S/C4H11NO4/c1-2-9-5(8)3-4(6)7/h4-7H,2-3H2,1H3. The van der Waals surface area contributed by atoms with Crippen molar-refractivity contribution in [1.82, 2.24) is 0 Å². The lowest BCUT2D eigenvalue weighted by Crippen LogP contribution is -3.07. The van der Waals surface area contributed by atoms with Crippen LogP contribution in [0.15, 0.2) is 0 Å². The molecular weight excluding hydrogens is 126 g/mol. The molecule has 1 unspecified atom stereocenters. The third-order valence-corrected chi connectivity index (χ3v) is 0.655. The average molecular weight is 137 g/mol. The fourth-order valence-corrected chi connectivity index (χ4v) is 0.369. The van der Waals surface area contributed by atoms with Gasteiger partial charge in [-0.1, -0.05) is 0 Å². The largest absolute Gasteiger partial charge is 0.600 e. The summed E-state index contributed by atoms with van der Waals surface area (Å²) in [5, 5.41) is 26.1. The van der Waals surface area contributed by atoms with Gasteiger partial charge >= 0.3 is 0 Å². The Kier molecular flexibility index (Phi) is 4.55. The molecule has 5 heteroatoms. The molecule has 0 aromatic carbocycles. The third kappa shape index (κ3) is 5.67. The first-order valence-electron chi connectivity index (χ1n) is 2.68. The van der Waals surface area contributed by atoms with E-state index in [2.05, 4.69) is 4.84 Å². The quantitative estimate of drug-likeness (QED) is 0.299. The van der Waals surface area contributed by atoms with Gasteiger partial charge in [0.05, 0.1) is 0 Å². The molecule has 0 saturated carbocycles. The molecule has 5 nitrogen and oxygen atoms in total. The maximum atomic E-state index is 10.3.